The van der Waals surface area contributed by atoms with Crippen molar-refractivity contribution in [2.45, 2.75) is 38.0 Å². The van der Waals surface area contributed by atoms with Crippen LogP contribution in [0.2, 0.25) is 0 Å². The van der Waals surface area contributed by atoms with Crippen LogP contribution < -0.4 is 10.6 Å². The van der Waals surface area contributed by atoms with Gasteiger partial charge in [-0.2, -0.15) is 0 Å². The van der Waals surface area contributed by atoms with Crippen molar-refractivity contribution in [2.24, 2.45) is 0 Å². The minimum atomic E-state index is -0.728. The van der Waals surface area contributed by atoms with E-state index in [1.54, 1.807) is 30.3 Å². The number of rotatable bonds is 4. The fraction of sp³-hybridized carbons (Fsp3) is 0.240. The molecule has 2 saturated heterocycles. The lowest BCUT2D eigenvalue weighted by Crippen LogP contribution is -2.52. The van der Waals surface area contributed by atoms with Gasteiger partial charge in [0.1, 0.15) is 17.7 Å². The minimum absolute atomic E-state index is 0.0396. The number of Topliss-reactive ketones (excluding diaryl/α,β-unsaturated/α-hetero) is 1. The van der Waals surface area contributed by atoms with Gasteiger partial charge in [0.15, 0.2) is 5.78 Å². The van der Waals surface area contributed by atoms with Crippen LogP contribution in [0.15, 0.2) is 60.3 Å². The van der Waals surface area contributed by atoms with E-state index in [-0.39, 0.29) is 49.0 Å². The van der Waals surface area contributed by atoms with Crippen LogP contribution in [-0.2, 0) is 30.5 Å². The lowest BCUT2D eigenvalue weighted by Gasteiger charge is -2.29. The van der Waals surface area contributed by atoms with Crippen molar-refractivity contribution in [1.29, 1.82) is 0 Å². The normalized spacial score (nSPS) is 23.6. The first-order chi connectivity index (χ1) is 16.4. The number of carbonyl (C=O) groups excluding carboxylic acids is 5. The summed E-state index contributed by atoms with van der Waals surface area (Å²) in [5.41, 5.74) is 2.27. The van der Waals surface area contributed by atoms with E-state index in [4.69, 9.17) is 4.74 Å². The van der Waals surface area contributed by atoms with E-state index >= 15 is 0 Å². The summed E-state index contributed by atoms with van der Waals surface area (Å²) in [6.07, 6.45) is 1.15. The van der Waals surface area contributed by atoms with Gasteiger partial charge in [-0.05, 0) is 24.1 Å². The molecule has 0 aliphatic carbocycles. The molecule has 172 valence electrons. The number of hydrogen-bond donors (Lipinski definition) is 2. The third kappa shape index (κ3) is 3.85. The van der Waals surface area contributed by atoms with Gasteiger partial charge in [0.2, 0.25) is 11.8 Å². The Balaban J connectivity index is 1.33. The largest absolute Gasteiger partial charge is 0.453 e. The van der Waals surface area contributed by atoms with Crippen LogP contribution in [0.25, 0.3) is 0 Å². The van der Waals surface area contributed by atoms with Gasteiger partial charge in [-0.15, -0.1) is 0 Å². The van der Waals surface area contributed by atoms with Crippen LogP contribution >= 0.6 is 0 Å². The molecule has 3 aliphatic rings. The topological polar surface area (TPSA) is 122 Å². The number of anilines is 1. The number of ether oxygens (including phenoxy) is 1. The van der Waals surface area contributed by atoms with Crippen molar-refractivity contribution in [3.63, 3.8) is 0 Å². The highest BCUT2D eigenvalue weighted by molar-refractivity contribution is 6.19. The van der Waals surface area contributed by atoms with Gasteiger partial charge in [-0.25, -0.2) is 4.79 Å². The second-order valence-corrected chi connectivity index (χ2v) is 8.37. The molecule has 2 N–H and O–H groups in total. The highest BCUT2D eigenvalue weighted by Gasteiger charge is 2.40. The molecule has 0 spiro atoms. The zero-order chi connectivity index (χ0) is 23.8. The van der Waals surface area contributed by atoms with Crippen LogP contribution in [0.3, 0.4) is 0 Å². The molecule has 3 amide bonds. The van der Waals surface area contributed by atoms with Gasteiger partial charge < -0.3 is 15.0 Å². The number of esters is 1. The van der Waals surface area contributed by atoms with Crippen LogP contribution in [0, 0.1) is 0 Å². The summed E-state index contributed by atoms with van der Waals surface area (Å²) in [6, 6.07) is 13.4. The molecule has 3 aliphatic heterocycles. The van der Waals surface area contributed by atoms with Gasteiger partial charge in [0.25, 0.3) is 5.91 Å². The van der Waals surface area contributed by atoms with E-state index in [2.05, 4.69) is 10.6 Å². The smallest absolute Gasteiger partial charge is 0.343 e. The Bertz CT molecular complexity index is 1230. The van der Waals surface area contributed by atoms with Crippen molar-refractivity contribution in [3.05, 3.63) is 77.0 Å². The maximum Gasteiger partial charge on any atom is 0.343 e. The zero-order valence-electron chi connectivity index (χ0n) is 18.1. The fourth-order valence-corrected chi connectivity index (χ4v) is 4.49. The maximum atomic E-state index is 12.9. The molecule has 0 radical (unpaired) electrons. The summed E-state index contributed by atoms with van der Waals surface area (Å²) >= 11 is 0. The average molecular weight is 459 g/mol. The predicted octanol–water partition coefficient (Wildman–Crippen LogP) is 2.00. The molecular formula is C25H21N3O6. The second kappa shape index (κ2) is 8.58. The molecule has 2 unspecified atom stereocenters. The molecule has 5 rings (SSSR count). The number of nitrogens with zero attached hydrogens (tertiary/aromatic N) is 1. The molecule has 2 aromatic rings. The minimum Gasteiger partial charge on any atom is -0.453 e. The number of fused-ring (bicyclic) bond motifs is 1. The summed E-state index contributed by atoms with van der Waals surface area (Å²) < 4.78 is 5.47. The fourth-order valence-electron chi connectivity index (χ4n) is 4.49. The van der Waals surface area contributed by atoms with Crippen LogP contribution in [0.5, 0.6) is 0 Å². The van der Waals surface area contributed by atoms with Gasteiger partial charge in [-0.1, -0.05) is 36.4 Å². The Hall–Kier alpha value is -4.27. The molecular weight excluding hydrogens is 438 g/mol. The number of benzene rings is 2. The quantitative estimate of drug-likeness (QED) is 0.310. The molecule has 0 saturated carbocycles. The van der Waals surface area contributed by atoms with E-state index in [9.17, 15) is 24.0 Å². The number of ketones is 1. The number of cyclic esters (lactones) is 1. The molecule has 9 heteroatoms. The van der Waals surface area contributed by atoms with Crippen LogP contribution in [0.4, 0.5) is 5.69 Å². The molecule has 2 fully saturated rings. The first-order valence-corrected chi connectivity index (χ1v) is 10.9. The summed E-state index contributed by atoms with van der Waals surface area (Å²) in [4.78, 5) is 63.3. The lowest BCUT2D eigenvalue weighted by atomic mass is 9.97. The lowest BCUT2D eigenvalue weighted by molar-refractivity contribution is -0.151. The Kier molecular flexibility index (Phi) is 5.45. The van der Waals surface area contributed by atoms with E-state index in [0.717, 1.165) is 5.56 Å². The van der Waals surface area contributed by atoms with Crippen molar-refractivity contribution in [1.82, 2.24) is 10.2 Å². The first-order valence-electron chi connectivity index (χ1n) is 10.9. The maximum absolute atomic E-state index is 12.9. The zero-order valence-corrected chi connectivity index (χ0v) is 18.1. The predicted molar refractivity (Wildman–Crippen MR) is 119 cm³/mol. The molecule has 3 heterocycles. The van der Waals surface area contributed by atoms with Crippen molar-refractivity contribution in [3.8, 4) is 0 Å². The van der Waals surface area contributed by atoms with Crippen molar-refractivity contribution < 1.29 is 28.7 Å². The number of carbonyl (C=O) groups is 5. The highest BCUT2D eigenvalue weighted by Crippen LogP contribution is 2.33. The Morgan fingerprint density at radius 2 is 1.79 bits per heavy atom. The molecule has 2 atom stereocenters. The summed E-state index contributed by atoms with van der Waals surface area (Å²) in [5.74, 6) is -2.20. The number of piperidine rings is 1. The van der Waals surface area contributed by atoms with E-state index in [1.807, 2.05) is 18.2 Å². The number of amides is 3. The van der Waals surface area contributed by atoms with Crippen molar-refractivity contribution >= 4 is 35.2 Å². The van der Waals surface area contributed by atoms with Gasteiger partial charge in [0.05, 0.1) is 6.42 Å². The van der Waals surface area contributed by atoms with Crippen molar-refractivity contribution in [2.75, 3.05) is 5.32 Å². The monoisotopic (exact) mass is 459 g/mol. The Morgan fingerprint density at radius 1 is 1.00 bits per heavy atom. The SMILES string of the molecule is O=C1CCC(N2Cc3c(N/C=C4\C(=O)CC(c5ccccc5)OC4=O)cccc3C2=O)C(=O)N1. The van der Waals surface area contributed by atoms with E-state index < -0.39 is 24.0 Å². The molecule has 0 aromatic heterocycles. The van der Waals surface area contributed by atoms with Gasteiger partial charge >= 0.3 is 5.97 Å². The molecule has 9 nitrogen and oxygen atoms in total. The van der Waals surface area contributed by atoms with Crippen LogP contribution in [-0.4, -0.2) is 40.4 Å². The Morgan fingerprint density at radius 3 is 2.53 bits per heavy atom. The van der Waals surface area contributed by atoms with Crippen LogP contribution in [0.1, 0.15) is 46.9 Å². The van der Waals surface area contributed by atoms with E-state index in [1.165, 1.54) is 11.1 Å². The third-order valence-electron chi connectivity index (χ3n) is 6.27. The third-order valence-corrected chi connectivity index (χ3v) is 6.27. The number of nitrogens with one attached hydrogen (secondary N) is 2. The standard InChI is InChI=1S/C25H21N3O6/c29-20-11-21(14-5-2-1-3-6-14)34-25(33)16(20)12-26-18-8-4-7-15-17(18)13-28(24(15)32)19-9-10-22(30)27-23(19)31/h1-8,12,19,21,26H,9-11,13H2,(H,27,30,31)/b16-12+. The Labute approximate surface area is 194 Å². The number of hydrogen-bond acceptors (Lipinski definition) is 7. The van der Waals surface area contributed by atoms with Gasteiger partial charge in [-0.3, -0.25) is 24.5 Å². The summed E-state index contributed by atoms with van der Waals surface area (Å²) in [7, 11) is 0. The summed E-state index contributed by atoms with van der Waals surface area (Å²) in [5, 5.41) is 5.25. The molecule has 34 heavy (non-hydrogen) atoms. The second-order valence-electron chi connectivity index (χ2n) is 8.37. The molecule has 2 aromatic carbocycles. The summed E-state index contributed by atoms with van der Waals surface area (Å²) in [6.45, 7) is 0.168. The molecule has 0 bridgehead atoms. The van der Waals surface area contributed by atoms with Gasteiger partial charge in [0, 0.05) is 36.0 Å². The highest BCUT2D eigenvalue weighted by atomic mass is 16.5. The number of imide groups is 1. The first kappa shape index (κ1) is 21.6. The average Bonchev–Trinajstić information content (AvgIpc) is 3.16. The van der Waals surface area contributed by atoms with E-state index in [0.29, 0.717) is 16.8 Å².